The van der Waals surface area contributed by atoms with E-state index in [0.29, 0.717) is 12.0 Å². The van der Waals surface area contributed by atoms with Gasteiger partial charge in [0.05, 0.1) is 5.56 Å². The molecule has 0 heterocycles. The van der Waals surface area contributed by atoms with Crippen LogP contribution in [0.15, 0.2) is 24.3 Å². The molecule has 0 radical (unpaired) electrons. The van der Waals surface area contributed by atoms with Crippen LogP contribution in [-0.2, 0) is 12.6 Å². The molecule has 20 heavy (non-hydrogen) atoms. The fourth-order valence-corrected chi connectivity index (χ4v) is 1.65. The standard InChI is InChI=1S/C12H16F3N.3ClH.H2O/c1-3-16-9(2)7-10-5-4-6-11(8-10)12(13,14)15;;;;/h4-6,8-9,16H,3,7H2,1-2H3;3*1H;1H2. The zero-order chi connectivity index (χ0) is 12.2. The molecule has 0 saturated heterocycles. The maximum absolute atomic E-state index is 12.4. The lowest BCUT2D eigenvalue weighted by atomic mass is 10.0. The molecule has 0 spiro atoms. The van der Waals surface area contributed by atoms with E-state index in [1.54, 1.807) is 6.07 Å². The molecule has 3 N–H and O–H groups in total. The second-order valence-electron chi connectivity index (χ2n) is 3.86. The molecule has 0 aliphatic carbocycles. The molecule has 2 nitrogen and oxygen atoms in total. The number of halogens is 6. The van der Waals surface area contributed by atoms with Crippen LogP contribution in [0.1, 0.15) is 25.0 Å². The highest BCUT2D eigenvalue weighted by Gasteiger charge is 2.30. The highest BCUT2D eigenvalue weighted by Crippen LogP contribution is 2.29. The third-order valence-electron chi connectivity index (χ3n) is 2.35. The summed E-state index contributed by atoms with van der Waals surface area (Å²) in [5.41, 5.74) is 0.136. The minimum atomic E-state index is -4.25. The van der Waals surface area contributed by atoms with Gasteiger partial charge in [-0.2, -0.15) is 13.2 Å². The van der Waals surface area contributed by atoms with Gasteiger partial charge in [0.25, 0.3) is 0 Å². The molecule has 8 heteroatoms. The van der Waals surface area contributed by atoms with Crippen LogP contribution in [0.2, 0.25) is 0 Å². The van der Waals surface area contributed by atoms with Crippen LogP contribution in [-0.4, -0.2) is 18.1 Å². The van der Waals surface area contributed by atoms with Crippen molar-refractivity contribution in [2.24, 2.45) is 0 Å². The van der Waals surface area contributed by atoms with E-state index >= 15 is 0 Å². The van der Waals surface area contributed by atoms with Crippen molar-refractivity contribution in [3.8, 4) is 0 Å². The largest absolute Gasteiger partial charge is 0.416 e. The SMILES string of the molecule is CCNC(C)Cc1cccc(C(F)(F)F)c1.Cl.Cl.Cl.O. The maximum atomic E-state index is 12.4. The van der Waals surface area contributed by atoms with Crippen molar-refractivity contribution < 1.29 is 18.6 Å². The van der Waals surface area contributed by atoms with E-state index in [1.165, 1.54) is 12.1 Å². The van der Waals surface area contributed by atoms with Gasteiger partial charge in [0, 0.05) is 6.04 Å². The normalized spacial score (nSPS) is 11.1. The van der Waals surface area contributed by atoms with Crippen molar-refractivity contribution in [3.05, 3.63) is 35.4 Å². The predicted octanol–water partition coefficient (Wildman–Crippen LogP) is 3.69. The summed E-state index contributed by atoms with van der Waals surface area (Å²) in [6.45, 7) is 4.76. The van der Waals surface area contributed by atoms with Gasteiger partial charge in [-0.25, -0.2) is 0 Å². The average molecular weight is 359 g/mol. The number of rotatable bonds is 4. The Morgan fingerprint density at radius 1 is 1.15 bits per heavy atom. The molecule has 0 aliphatic heterocycles. The van der Waals surface area contributed by atoms with E-state index in [1.807, 2.05) is 13.8 Å². The van der Waals surface area contributed by atoms with E-state index in [-0.39, 0.29) is 48.7 Å². The second kappa shape index (κ2) is 12.5. The lowest BCUT2D eigenvalue weighted by molar-refractivity contribution is -0.137. The number of alkyl halides is 3. The van der Waals surface area contributed by atoms with E-state index in [2.05, 4.69) is 5.32 Å². The summed E-state index contributed by atoms with van der Waals surface area (Å²) in [6.07, 6.45) is -3.64. The minimum Gasteiger partial charge on any atom is -0.412 e. The van der Waals surface area contributed by atoms with Crippen LogP contribution < -0.4 is 5.32 Å². The van der Waals surface area contributed by atoms with Gasteiger partial charge in [-0.3, -0.25) is 0 Å². The van der Waals surface area contributed by atoms with Crippen LogP contribution in [0.3, 0.4) is 0 Å². The second-order valence-corrected chi connectivity index (χ2v) is 3.86. The van der Waals surface area contributed by atoms with Crippen LogP contribution in [0.25, 0.3) is 0 Å². The molecule has 0 aliphatic rings. The summed E-state index contributed by atoms with van der Waals surface area (Å²) in [7, 11) is 0. The summed E-state index contributed by atoms with van der Waals surface area (Å²) in [6, 6.07) is 5.68. The lowest BCUT2D eigenvalue weighted by Gasteiger charge is -2.13. The average Bonchev–Trinajstić information content (AvgIpc) is 2.17. The summed E-state index contributed by atoms with van der Waals surface area (Å²) < 4.78 is 37.3. The van der Waals surface area contributed by atoms with Crippen molar-refractivity contribution in [1.29, 1.82) is 0 Å². The Labute approximate surface area is 136 Å². The van der Waals surface area contributed by atoms with E-state index in [9.17, 15) is 13.2 Å². The molecule has 0 aromatic heterocycles. The Morgan fingerprint density at radius 2 is 1.70 bits per heavy atom. The molecular weight excluding hydrogens is 337 g/mol. The molecule has 0 amide bonds. The number of hydrogen-bond donors (Lipinski definition) is 1. The molecule has 0 fully saturated rings. The van der Waals surface area contributed by atoms with Crippen LogP contribution >= 0.6 is 37.2 Å². The minimum absolute atomic E-state index is 0. The molecular formula is C12H21Cl3F3NO. The monoisotopic (exact) mass is 357 g/mol. The number of nitrogens with one attached hydrogen (secondary N) is 1. The first-order valence-electron chi connectivity index (χ1n) is 5.33. The zero-order valence-corrected chi connectivity index (χ0v) is 13.6. The number of benzene rings is 1. The van der Waals surface area contributed by atoms with E-state index in [0.717, 1.165) is 12.6 Å². The Bertz CT molecular complexity index is 351. The smallest absolute Gasteiger partial charge is 0.412 e. The van der Waals surface area contributed by atoms with Crippen molar-refractivity contribution >= 4 is 37.2 Å². The highest BCUT2D eigenvalue weighted by molar-refractivity contribution is 5.86. The van der Waals surface area contributed by atoms with Crippen molar-refractivity contribution in [1.82, 2.24) is 5.32 Å². The maximum Gasteiger partial charge on any atom is 0.416 e. The summed E-state index contributed by atoms with van der Waals surface area (Å²) >= 11 is 0. The van der Waals surface area contributed by atoms with Gasteiger partial charge in [-0.05, 0) is 31.5 Å². The molecule has 1 aromatic rings. The first-order chi connectivity index (χ1) is 7.43. The fraction of sp³-hybridized carbons (Fsp3) is 0.500. The van der Waals surface area contributed by atoms with Gasteiger partial charge in [0.1, 0.15) is 0 Å². The first-order valence-corrected chi connectivity index (χ1v) is 5.33. The fourth-order valence-electron chi connectivity index (χ4n) is 1.65. The molecule has 0 bridgehead atoms. The van der Waals surface area contributed by atoms with Crippen molar-refractivity contribution in [3.63, 3.8) is 0 Å². The van der Waals surface area contributed by atoms with Gasteiger partial charge in [0.2, 0.25) is 0 Å². The van der Waals surface area contributed by atoms with Gasteiger partial charge in [-0.1, -0.05) is 25.1 Å². The third kappa shape index (κ3) is 9.66. The molecule has 1 aromatic carbocycles. The van der Waals surface area contributed by atoms with Gasteiger partial charge >= 0.3 is 6.18 Å². The Balaban J connectivity index is -0.000000320. The third-order valence-corrected chi connectivity index (χ3v) is 2.35. The topological polar surface area (TPSA) is 43.5 Å². The number of likely N-dealkylation sites (N-methyl/N-ethyl adjacent to an activating group) is 1. The molecule has 0 saturated carbocycles. The molecule has 122 valence electrons. The van der Waals surface area contributed by atoms with Gasteiger partial charge < -0.3 is 10.8 Å². The quantitative estimate of drug-likeness (QED) is 0.876. The van der Waals surface area contributed by atoms with E-state index in [4.69, 9.17) is 0 Å². The Hall–Kier alpha value is -0.200. The van der Waals surface area contributed by atoms with Gasteiger partial charge in [0.15, 0.2) is 0 Å². The van der Waals surface area contributed by atoms with Crippen LogP contribution in [0.4, 0.5) is 13.2 Å². The highest BCUT2D eigenvalue weighted by atomic mass is 35.5. The van der Waals surface area contributed by atoms with Crippen LogP contribution in [0.5, 0.6) is 0 Å². The Kier molecular flexibility index (Phi) is 17.6. The summed E-state index contributed by atoms with van der Waals surface area (Å²) in [5.74, 6) is 0. The van der Waals surface area contributed by atoms with Crippen molar-refractivity contribution in [2.45, 2.75) is 32.5 Å². The Morgan fingerprint density at radius 3 is 2.15 bits per heavy atom. The molecule has 1 atom stereocenters. The summed E-state index contributed by atoms with van der Waals surface area (Å²) in [4.78, 5) is 0. The lowest BCUT2D eigenvalue weighted by Crippen LogP contribution is -2.27. The zero-order valence-electron chi connectivity index (χ0n) is 11.2. The number of hydrogen-bond acceptors (Lipinski definition) is 1. The van der Waals surface area contributed by atoms with Crippen LogP contribution in [0, 0.1) is 0 Å². The molecule has 1 rings (SSSR count). The first kappa shape index (κ1) is 28.0. The predicted molar refractivity (Wildman–Crippen MR) is 83.6 cm³/mol. The van der Waals surface area contributed by atoms with Crippen molar-refractivity contribution in [2.75, 3.05) is 6.54 Å². The van der Waals surface area contributed by atoms with E-state index < -0.39 is 11.7 Å². The summed E-state index contributed by atoms with van der Waals surface area (Å²) in [5, 5.41) is 3.17. The van der Waals surface area contributed by atoms with Gasteiger partial charge in [-0.15, -0.1) is 37.2 Å². The molecule has 1 unspecified atom stereocenters.